The minimum Gasteiger partial charge on any atom is -0.404 e. The van der Waals surface area contributed by atoms with E-state index >= 15 is 0 Å². The Labute approximate surface area is 168 Å². The fourth-order valence-corrected chi connectivity index (χ4v) is 4.81. The maximum atomic E-state index is 12.7. The molecule has 2 aliphatic carbocycles. The van der Waals surface area contributed by atoms with E-state index in [1.807, 2.05) is 0 Å². The van der Waals surface area contributed by atoms with Crippen LogP contribution in [0.15, 0.2) is 16.8 Å². The summed E-state index contributed by atoms with van der Waals surface area (Å²) in [7, 11) is 0. The van der Waals surface area contributed by atoms with Crippen molar-refractivity contribution in [3.63, 3.8) is 0 Å². The van der Waals surface area contributed by atoms with Crippen LogP contribution in [-0.4, -0.2) is 59.6 Å². The average molecular weight is 392 g/mol. The molecule has 3 rings (SSSR count). The van der Waals surface area contributed by atoms with Crippen molar-refractivity contribution in [2.75, 3.05) is 19.6 Å². The normalized spacial score (nSPS) is 29.2. The molecule has 3 aliphatic rings. The van der Waals surface area contributed by atoms with Crippen LogP contribution in [0.25, 0.3) is 0 Å². The molecule has 7 nitrogen and oxygen atoms in total. The molecule has 0 aromatic carbocycles. The van der Waals surface area contributed by atoms with Crippen molar-refractivity contribution in [3.8, 4) is 0 Å². The molecule has 0 spiro atoms. The van der Waals surface area contributed by atoms with Crippen molar-refractivity contribution < 1.29 is 9.90 Å². The number of nitrogens with one attached hydrogen (secondary N) is 1. The van der Waals surface area contributed by atoms with Crippen LogP contribution in [-0.2, 0) is 4.79 Å². The van der Waals surface area contributed by atoms with E-state index in [0.29, 0.717) is 0 Å². The van der Waals surface area contributed by atoms with Gasteiger partial charge in [-0.25, -0.2) is 0 Å². The van der Waals surface area contributed by atoms with E-state index in [9.17, 15) is 9.90 Å². The van der Waals surface area contributed by atoms with E-state index in [1.54, 1.807) is 0 Å². The fraction of sp³-hybridized carbons (Fsp3) is 0.810. The molecule has 0 bridgehead atoms. The van der Waals surface area contributed by atoms with Gasteiger partial charge in [0.2, 0.25) is 0 Å². The van der Waals surface area contributed by atoms with E-state index in [1.165, 1.54) is 38.4 Å². The number of carbonyl (C=O) groups is 1. The van der Waals surface area contributed by atoms with E-state index in [4.69, 9.17) is 11.5 Å². The van der Waals surface area contributed by atoms with Crippen molar-refractivity contribution in [2.45, 2.75) is 82.4 Å². The highest BCUT2D eigenvalue weighted by molar-refractivity contribution is 6.20. The van der Waals surface area contributed by atoms with Crippen LogP contribution in [0.1, 0.15) is 64.2 Å². The van der Waals surface area contributed by atoms with Crippen LogP contribution in [0.3, 0.4) is 0 Å². The van der Waals surface area contributed by atoms with Crippen molar-refractivity contribution in [1.29, 1.82) is 0 Å². The SMILES string of the molecule is N/C=C(/C(=O)NC1CCN(CC2CCCC2)CC1)C(N)=NC1CCC(O)CC1. The largest absolute Gasteiger partial charge is 0.404 e. The first-order valence-corrected chi connectivity index (χ1v) is 11.0. The van der Waals surface area contributed by atoms with Crippen molar-refractivity contribution in [3.05, 3.63) is 11.8 Å². The number of hydrogen-bond acceptors (Lipinski definition) is 5. The third-order valence-corrected chi connectivity index (χ3v) is 6.59. The minimum absolute atomic E-state index is 0.0602. The van der Waals surface area contributed by atoms with Crippen LogP contribution in [0.5, 0.6) is 0 Å². The maximum Gasteiger partial charge on any atom is 0.256 e. The van der Waals surface area contributed by atoms with E-state index in [2.05, 4.69) is 15.2 Å². The Balaban J connectivity index is 1.45. The Bertz CT molecular complexity index is 569. The van der Waals surface area contributed by atoms with Gasteiger partial charge in [-0.05, 0) is 57.3 Å². The highest BCUT2D eigenvalue weighted by Gasteiger charge is 2.26. The summed E-state index contributed by atoms with van der Waals surface area (Å²) in [5.41, 5.74) is 12.0. The molecule has 3 fully saturated rings. The number of hydrogen-bond donors (Lipinski definition) is 4. The first-order chi connectivity index (χ1) is 13.5. The molecule has 0 aromatic rings. The summed E-state index contributed by atoms with van der Waals surface area (Å²) in [6.07, 6.45) is 11.5. The van der Waals surface area contributed by atoms with Gasteiger partial charge in [0.05, 0.1) is 17.7 Å². The molecule has 1 aliphatic heterocycles. The van der Waals surface area contributed by atoms with E-state index < -0.39 is 0 Å². The Morgan fingerprint density at radius 1 is 1.07 bits per heavy atom. The van der Waals surface area contributed by atoms with Gasteiger partial charge in [-0.3, -0.25) is 9.79 Å². The van der Waals surface area contributed by atoms with Gasteiger partial charge in [-0.15, -0.1) is 0 Å². The highest BCUT2D eigenvalue weighted by atomic mass is 16.3. The molecule has 6 N–H and O–H groups in total. The summed E-state index contributed by atoms with van der Waals surface area (Å²) in [5, 5.41) is 12.7. The lowest BCUT2D eigenvalue weighted by molar-refractivity contribution is -0.118. The zero-order chi connectivity index (χ0) is 19.9. The van der Waals surface area contributed by atoms with Gasteiger partial charge in [-0.2, -0.15) is 0 Å². The van der Waals surface area contributed by atoms with Gasteiger partial charge < -0.3 is 26.8 Å². The molecule has 1 heterocycles. The lowest BCUT2D eigenvalue weighted by Crippen LogP contribution is -2.47. The zero-order valence-electron chi connectivity index (χ0n) is 17.0. The summed E-state index contributed by atoms with van der Waals surface area (Å²) in [6.45, 7) is 3.29. The second-order valence-corrected chi connectivity index (χ2v) is 8.76. The molecule has 28 heavy (non-hydrogen) atoms. The van der Waals surface area contributed by atoms with Gasteiger partial charge in [0, 0.05) is 31.9 Å². The first kappa shape index (κ1) is 21.1. The number of carbonyl (C=O) groups excluding carboxylic acids is 1. The molecule has 1 amide bonds. The minimum atomic E-state index is -0.236. The Morgan fingerprint density at radius 2 is 1.71 bits per heavy atom. The topological polar surface area (TPSA) is 117 Å². The number of piperidine rings is 1. The van der Waals surface area contributed by atoms with Gasteiger partial charge >= 0.3 is 0 Å². The number of amidine groups is 1. The number of aliphatic hydroxyl groups is 1. The lowest BCUT2D eigenvalue weighted by atomic mass is 9.93. The van der Waals surface area contributed by atoms with E-state index in [-0.39, 0.29) is 35.5 Å². The number of aliphatic hydroxyl groups excluding tert-OH is 1. The Hall–Kier alpha value is -1.60. The van der Waals surface area contributed by atoms with Crippen molar-refractivity contribution >= 4 is 11.7 Å². The number of amides is 1. The number of nitrogens with zero attached hydrogens (tertiary/aromatic N) is 2. The average Bonchev–Trinajstić information content (AvgIpc) is 3.19. The molecular weight excluding hydrogens is 354 g/mol. The summed E-state index contributed by atoms with van der Waals surface area (Å²) in [4.78, 5) is 19.7. The zero-order valence-corrected chi connectivity index (χ0v) is 17.0. The molecule has 2 saturated carbocycles. The number of likely N-dealkylation sites (tertiary alicyclic amines) is 1. The molecule has 7 heteroatoms. The van der Waals surface area contributed by atoms with Crippen molar-refractivity contribution in [2.24, 2.45) is 22.4 Å². The summed E-state index contributed by atoms with van der Waals surface area (Å²) < 4.78 is 0. The standard InChI is InChI=1S/C21H37N5O2/c22-13-19(20(23)24-16-5-7-18(27)8-6-16)21(28)25-17-9-11-26(12-10-17)14-15-3-1-2-4-15/h13,15-18,27H,1-12,14,22H2,(H2,23,24)(H,25,28)/b19-13+. The Kier molecular flexibility index (Phi) is 7.73. The van der Waals surface area contributed by atoms with Crippen LogP contribution < -0.4 is 16.8 Å². The summed E-state index contributed by atoms with van der Waals surface area (Å²) >= 11 is 0. The smallest absolute Gasteiger partial charge is 0.256 e. The number of aliphatic imine (C=N–C) groups is 1. The predicted molar refractivity (Wildman–Crippen MR) is 112 cm³/mol. The van der Waals surface area contributed by atoms with Gasteiger partial charge in [-0.1, -0.05) is 12.8 Å². The molecular formula is C21H37N5O2. The predicted octanol–water partition coefficient (Wildman–Crippen LogP) is 1.26. The fourth-order valence-electron chi connectivity index (χ4n) is 4.81. The van der Waals surface area contributed by atoms with E-state index in [0.717, 1.165) is 57.5 Å². The summed E-state index contributed by atoms with van der Waals surface area (Å²) in [5.74, 6) is 0.851. The quantitative estimate of drug-likeness (QED) is 0.309. The van der Waals surface area contributed by atoms with Gasteiger partial charge in [0.1, 0.15) is 5.84 Å². The molecule has 0 unspecified atom stereocenters. The second-order valence-electron chi connectivity index (χ2n) is 8.76. The molecule has 0 aromatic heterocycles. The maximum absolute atomic E-state index is 12.7. The number of rotatable bonds is 6. The van der Waals surface area contributed by atoms with Crippen LogP contribution in [0.2, 0.25) is 0 Å². The third-order valence-electron chi connectivity index (χ3n) is 6.59. The van der Waals surface area contributed by atoms with Gasteiger partial charge in [0.25, 0.3) is 5.91 Å². The molecule has 158 valence electrons. The molecule has 0 atom stereocenters. The van der Waals surface area contributed by atoms with Crippen LogP contribution >= 0.6 is 0 Å². The highest BCUT2D eigenvalue weighted by Crippen LogP contribution is 2.26. The number of nitrogens with two attached hydrogens (primary N) is 2. The monoisotopic (exact) mass is 391 g/mol. The van der Waals surface area contributed by atoms with Crippen molar-refractivity contribution in [1.82, 2.24) is 10.2 Å². The Morgan fingerprint density at radius 3 is 2.32 bits per heavy atom. The lowest BCUT2D eigenvalue weighted by Gasteiger charge is -2.34. The van der Waals surface area contributed by atoms with Crippen LogP contribution in [0.4, 0.5) is 0 Å². The summed E-state index contributed by atoms with van der Waals surface area (Å²) in [6, 6.07) is 0.227. The first-order valence-electron chi connectivity index (χ1n) is 11.0. The van der Waals surface area contributed by atoms with Crippen LogP contribution in [0, 0.1) is 5.92 Å². The molecule has 1 saturated heterocycles. The second kappa shape index (κ2) is 10.3. The molecule has 0 radical (unpaired) electrons. The van der Waals surface area contributed by atoms with Gasteiger partial charge in [0.15, 0.2) is 0 Å². The third kappa shape index (κ3) is 5.95.